The predicted octanol–water partition coefficient (Wildman–Crippen LogP) is 5.85. The van der Waals surface area contributed by atoms with Gasteiger partial charge in [-0.05, 0) is 67.8 Å². The molecule has 406 valence electrons. The molecular formula is C56H66Cl2N12O7. The summed E-state index contributed by atoms with van der Waals surface area (Å²) in [5.74, 6) is -0.324. The maximum atomic E-state index is 13.7. The Morgan fingerprint density at radius 2 is 1.58 bits per heavy atom. The molecule has 0 aliphatic carbocycles. The number of benzene rings is 3. The Bertz CT molecular complexity index is 3310. The summed E-state index contributed by atoms with van der Waals surface area (Å²) in [5, 5.41) is 41.2. The highest BCUT2D eigenvalue weighted by atomic mass is 35.5. The molecule has 6 N–H and O–H groups in total. The van der Waals surface area contributed by atoms with Crippen LogP contribution in [0.1, 0.15) is 86.6 Å². The molecule has 0 saturated carbocycles. The molecule has 4 aromatic heterocycles. The molecule has 0 radical (unpaired) electrons. The Balaban J connectivity index is 0.647. The van der Waals surface area contributed by atoms with Gasteiger partial charge in [0, 0.05) is 113 Å². The minimum atomic E-state index is -1.16. The monoisotopic (exact) mass is 1090 g/mol. The molecule has 7 aromatic rings. The van der Waals surface area contributed by atoms with Gasteiger partial charge in [-0.15, -0.1) is 0 Å². The first-order valence-electron chi connectivity index (χ1n) is 26.4. The van der Waals surface area contributed by atoms with Crippen molar-refractivity contribution in [1.82, 2.24) is 59.8 Å². The van der Waals surface area contributed by atoms with Crippen LogP contribution in [0.3, 0.4) is 0 Å². The maximum absolute atomic E-state index is 13.7. The number of fused-ring (bicyclic) bond motifs is 4. The van der Waals surface area contributed by atoms with E-state index in [-0.39, 0.29) is 47.2 Å². The highest BCUT2D eigenvalue weighted by Crippen LogP contribution is 2.42. The maximum Gasteiger partial charge on any atom is 0.281 e. The molecule has 0 bridgehead atoms. The number of aliphatic hydroxyl groups excluding tert-OH is 1. The van der Waals surface area contributed by atoms with E-state index >= 15 is 0 Å². The molecular weight excluding hydrogens is 1020 g/mol. The van der Waals surface area contributed by atoms with E-state index in [1.807, 2.05) is 78.7 Å². The molecule has 3 aromatic carbocycles. The lowest BCUT2D eigenvalue weighted by atomic mass is 9.90. The second kappa shape index (κ2) is 24.6. The molecule has 2 aliphatic heterocycles. The molecule has 19 nitrogen and oxygen atoms in total. The number of hydrogen-bond acceptors (Lipinski definition) is 11. The van der Waals surface area contributed by atoms with Crippen molar-refractivity contribution in [3.8, 4) is 22.5 Å². The molecule has 4 amide bonds. The number of H-pyrrole nitrogens is 1. The van der Waals surface area contributed by atoms with E-state index in [0.29, 0.717) is 143 Å². The number of nitrogens with one attached hydrogen (secondary N) is 4. The van der Waals surface area contributed by atoms with Crippen LogP contribution in [0.2, 0.25) is 10.0 Å². The molecule has 1 atom stereocenters. The number of aromatic nitrogens is 7. The van der Waals surface area contributed by atoms with Crippen LogP contribution in [0.5, 0.6) is 0 Å². The molecule has 21 heteroatoms. The van der Waals surface area contributed by atoms with Gasteiger partial charge in [-0.2, -0.15) is 10.2 Å². The van der Waals surface area contributed by atoms with Crippen molar-refractivity contribution in [3.05, 3.63) is 122 Å². The van der Waals surface area contributed by atoms with Crippen LogP contribution in [0.4, 0.5) is 0 Å². The third kappa shape index (κ3) is 12.9. The summed E-state index contributed by atoms with van der Waals surface area (Å²) in [6.45, 7) is 5.88. The molecule has 6 heterocycles. The average molecular weight is 1090 g/mol. The van der Waals surface area contributed by atoms with Crippen molar-refractivity contribution >= 4 is 68.8 Å². The van der Waals surface area contributed by atoms with Crippen LogP contribution in [-0.2, 0) is 58.8 Å². The standard InChI is InChI=1S/C56H66Cl2N12O7/c1-36(38-9-4-3-5-10-38)29-47(74)67-26-19-56(77,20-27-67)34-69-35-62-52-53(55(69)76)65-66(2)54(52)39-15-13-37(14-16-39)31-59-21-8-22-60-45(72)11-6-7-12-46(73)61-23-28-70-25-18-44(64-70)40-30-42(57)50(58)51-49(40)41-32-68(48(75)33-71)24-17-43(41)63-51/h3-5,9-10,13-16,18,25,30,35-36,59,63,71,77H,6-8,11-12,17,19-24,26-29,31-34H2,1-2H3,(H,60,72)(H,61,73)/t36-/m1/s1. The van der Waals surface area contributed by atoms with Crippen LogP contribution >= 0.6 is 23.2 Å². The lowest BCUT2D eigenvalue weighted by Crippen LogP contribution is -2.49. The van der Waals surface area contributed by atoms with Gasteiger partial charge in [0.05, 0.1) is 52.0 Å². The average Bonchev–Trinajstić information content (AvgIpc) is 4.21. The molecule has 77 heavy (non-hydrogen) atoms. The Kier molecular flexibility index (Phi) is 17.5. The third-order valence-electron chi connectivity index (χ3n) is 14.8. The summed E-state index contributed by atoms with van der Waals surface area (Å²) in [6, 6.07) is 21.6. The summed E-state index contributed by atoms with van der Waals surface area (Å²) in [4.78, 5) is 75.7. The van der Waals surface area contributed by atoms with E-state index in [2.05, 4.69) is 31.0 Å². The van der Waals surface area contributed by atoms with E-state index in [1.54, 1.807) is 27.4 Å². The summed E-state index contributed by atoms with van der Waals surface area (Å²) in [7, 11) is 1.78. The Morgan fingerprint density at radius 3 is 2.31 bits per heavy atom. The van der Waals surface area contributed by atoms with Crippen molar-refractivity contribution in [2.75, 3.05) is 45.9 Å². The number of unbranched alkanes of at least 4 members (excludes halogenated alkanes) is 1. The van der Waals surface area contributed by atoms with Crippen molar-refractivity contribution in [3.63, 3.8) is 0 Å². The van der Waals surface area contributed by atoms with Gasteiger partial charge in [0.1, 0.15) is 12.1 Å². The van der Waals surface area contributed by atoms with E-state index in [1.165, 1.54) is 10.9 Å². The molecule has 9 rings (SSSR count). The zero-order valence-electron chi connectivity index (χ0n) is 43.5. The summed E-state index contributed by atoms with van der Waals surface area (Å²) >= 11 is 13.2. The number of carbonyl (C=O) groups is 4. The van der Waals surface area contributed by atoms with Gasteiger partial charge in [0.15, 0.2) is 5.52 Å². The molecule has 0 spiro atoms. The van der Waals surface area contributed by atoms with Crippen LogP contribution in [0.15, 0.2) is 84.0 Å². The SMILES string of the molecule is C[C@H](CC(=O)N1CCC(O)(Cn2cnc3c(-c4ccc(CNCCCNC(=O)CCCCC(=O)NCCn5ccc(-c6cc(Cl)c(Cl)c7[nH]c8c(c67)CN(C(=O)CO)CC8)n5)cc4)n(C)nc3c2=O)CC1)c1ccccc1. The second-order valence-electron chi connectivity index (χ2n) is 20.3. The van der Waals surface area contributed by atoms with Crippen molar-refractivity contribution in [2.24, 2.45) is 7.05 Å². The minimum absolute atomic E-state index is 0.0470. The van der Waals surface area contributed by atoms with Crippen molar-refractivity contribution < 1.29 is 29.4 Å². The number of carbonyl (C=O) groups excluding carboxylic acids is 4. The molecule has 1 fully saturated rings. The highest BCUT2D eigenvalue weighted by molar-refractivity contribution is 6.45. The number of piperidine rings is 1. The number of hydrogen-bond donors (Lipinski definition) is 6. The fourth-order valence-electron chi connectivity index (χ4n) is 10.5. The lowest BCUT2D eigenvalue weighted by Gasteiger charge is -2.38. The number of aromatic amines is 1. The molecule has 2 aliphatic rings. The summed E-state index contributed by atoms with van der Waals surface area (Å²) < 4.78 is 4.83. The van der Waals surface area contributed by atoms with Crippen molar-refractivity contribution in [1.29, 1.82) is 0 Å². The number of nitrogens with zero attached hydrogens (tertiary/aromatic N) is 8. The quantitative estimate of drug-likeness (QED) is 0.0441. The number of halogens is 2. The number of likely N-dealkylation sites (tertiary alicyclic amines) is 1. The van der Waals surface area contributed by atoms with Crippen LogP contribution < -0.4 is 21.5 Å². The van der Waals surface area contributed by atoms with E-state index < -0.39 is 12.2 Å². The van der Waals surface area contributed by atoms with Gasteiger partial charge in [-0.3, -0.25) is 37.9 Å². The topological polar surface area (TPSA) is 238 Å². The van der Waals surface area contributed by atoms with Gasteiger partial charge in [0.25, 0.3) is 5.56 Å². The van der Waals surface area contributed by atoms with Crippen LogP contribution in [0, 0.1) is 0 Å². The van der Waals surface area contributed by atoms with Crippen LogP contribution in [-0.4, -0.2) is 129 Å². The Morgan fingerprint density at radius 1 is 0.857 bits per heavy atom. The molecule has 1 saturated heterocycles. The summed E-state index contributed by atoms with van der Waals surface area (Å²) in [6.07, 6.45) is 7.58. The second-order valence-corrected chi connectivity index (χ2v) is 21.1. The lowest BCUT2D eigenvalue weighted by molar-refractivity contribution is -0.136. The van der Waals surface area contributed by atoms with E-state index in [0.717, 1.165) is 45.3 Å². The fourth-order valence-corrected chi connectivity index (χ4v) is 10.9. The van der Waals surface area contributed by atoms with Crippen LogP contribution in [0.25, 0.3) is 44.5 Å². The first kappa shape index (κ1) is 54.9. The smallest absolute Gasteiger partial charge is 0.281 e. The Labute approximate surface area is 455 Å². The third-order valence-corrected chi connectivity index (χ3v) is 15.6. The van der Waals surface area contributed by atoms with Crippen molar-refractivity contribution in [2.45, 2.75) is 102 Å². The number of amides is 4. The van der Waals surface area contributed by atoms with Gasteiger partial charge >= 0.3 is 0 Å². The van der Waals surface area contributed by atoms with E-state index in [9.17, 15) is 34.2 Å². The number of rotatable bonds is 22. The zero-order chi connectivity index (χ0) is 54.2. The van der Waals surface area contributed by atoms with Gasteiger partial charge in [-0.1, -0.05) is 84.7 Å². The van der Waals surface area contributed by atoms with Gasteiger partial charge < -0.3 is 40.9 Å². The molecule has 0 unspecified atom stereocenters. The zero-order valence-corrected chi connectivity index (χ0v) is 45.0. The predicted molar refractivity (Wildman–Crippen MR) is 295 cm³/mol. The van der Waals surface area contributed by atoms with Gasteiger partial charge in [-0.25, -0.2) is 4.98 Å². The van der Waals surface area contributed by atoms with Gasteiger partial charge in [0.2, 0.25) is 23.6 Å². The Hall–Kier alpha value is -6.90. The minimum Gasteiger partial charge on any atom is -0.388 e. The first-order chi connectivity index (χ1) is 37.2. The van der Waals surface area contributed by atoms with E-state index in [4.69, 9.17) is 28.3 Å². The largest absolute Gasteiger partial charge is 0.388 e. The first-order valence-corrected chi connectivity index (χ1v) is 27.2. The number of aliphatic hydroxyl groups is 2. The normalized spacial score (nSPS) is 14.7. The highest BCUT2D eigenvalue weighted by Gasteiger charge is 2.35. The summed E-state index contributed by atoms with van der Waals surface area (Å²) in [5.41, 5.74) is 6.98. The number of aryl methyl sites for hydroxylation is 1. The fraction of sp³-hybridized carbons (Fsp3) is 0.429.